The molecule has 2 rings (SSSR count). The number of hydrogen-bond acceptors (Lipinski definition) is 6. The molecule has 0 fully saturated rings. The van der Waals surface area contributed by atoms with Crippen LogP contribution in [0.4, 0.5) is 15.3 Å². The topological polar surface area (TPSA) is 72.5 Å². The number of benzene rings is 1. The number of thiazole rings is 1. The summed E-state index contributed by atoms with van der Waals surface area (Å²) >= 11 is 1.35. The third-order valence-corrected chi connectivity index (χ3v) is 4.14. The first-order valence-corrected chi connectivity index (χ1v) is 8.93. The molecular formula is C17H23FN4OS. The van der Waals surface area contributed by atoms with Gasteiger partial charge >= 0.3 is 0 Å². The van der Waals surface area contributed by atoms with Gasteiger partial charge in [-0.05, 0) is 18.1 Å². The van der Waals surface area contributed by atoms with Gasteiger partial charge in [0.25, 0.3) is 0 Å². The molecule has 7 heteroatoms. The lowest BCUT2D eigenvalue weighted by Crippen LogP contribution is -1.99. The van der Waals surface area contributed by atoms with E-state index in [0.717, 1.165) is 12.8 Å². The molecule has 0 atom stereocenters. The summed E-state index contributed by atoms with van der Waals surface area (Å²) in [4.78, 5) is 4.01. The summed E-state index contributed by atoms with van der Waals surface area (Å²) in [5.41, 5.74) is 9.50. The fourth-order valence-corrected chi connectivity index (χ4v) is 2.62. The van der Waals surface area contributed by atoms with Crippen LogP contribution >= 0.6 is 11.3 Å². The van der Waals surface area contributed by atoms with Crippen molar-refractivity contribution in [2.24, 2.45) is 5.10 Å². The highest BCUT2D eigenvalue weighted by Crippen LogP contribution is 2.16. The molecule has 2 aromatic rings. The highest BCUT2D eigenvalue weighted by atomic mass is 32.1. The Kier molecular flexibility index (Phi) is 7.64. The number of ether oxygens (including phenoxy) is 1. The minimum Gasteiger partial charge on any atom is -0.383 e. The number of rotatable bonds is 10. The van der Waals surface area contributed by atoms with E-state index in [0.29, 0.717) is 35.3 Å². The van der Waals surface area contributed by atoms with Gasteiger partial charge in [-0.25, -0.2) is 9.37 Å². The molecule has 5 nitrogen and oxygen atoms in total. The molecule has 0 saturated carbocycles. The Morgan fingerprint density at radius 1 is 1.38 bits per heavy atom. The predicted octanol–water partition coefficient (Wildman–Crippen LogP) is 4.41. The minimum absolute atomic E-state index is 0.286. The summed E-state index contributed by atoms with van der Waals surface area (Å²) in [7, 11) is 0. The van der Waals surface area contributed by atoms with Crippen LogP contribution in [0.3, 0.4) is 0 Å². The Labute approximate surface area is 145 Å². The highest BCUT2D eigenvalue weighted by molar-refractivity contribution is 7.14. The van der Waals surface area contributed by atoms with Crippen molar-refractivity contribution in [3.8, 4) is 0 Å². The predicted molar refractivity (Wildman–Crippen MR) is 97.9 cm³/mol. The van der Waals surface area contributed by atoms with Gasteiger partial charge in [0.05, 0.1) is 12.8 Å². The van der Waals surface area contributed by atoms with Crippen LogP contribution in [-0.2, 0) is 11.3 Å². The fraction of sp³-hybridized carbons (Fsp3) is 0.412. The largest absolute Gasteiger partial charge is 0.383 e. The Morgan fingerprint density at radius 3 is 2.96 bits per heavy atom. The number of nitrogens with one attached hydrogen (secondary N) is 1. The van der Waals surface area contributed by atoms with E-state index < -0.39 is 0 Å². The number of aromatic nitrogens is 1. The van der Waals surface area contributed by atoms with Gasteiger partial charge in [0.1, 0.15) is 11.6 Å². The van der Waals surface area contributed by atoms with Gasteiger partial charge in [0.2, 0.25) is 5.13 Å². The molecule has 0 amide bonds. The van der Waals surface area contributed by atoms with Crippen molar-refractivity contribution in [3.05, 3.63) is 40.5 Å². The van der Waals surface area contributed by atoms with Crippen molar-refractivity contribution in [2.45, 2.75) is 39.2 Å². The van der Waals surface area contributed by atoms with Crippen molar-refractivity contribution in [1.29, 1.82) is 0 Å². The number of unbranched alkanes of at least 4 members (excludes halogenated alkanes) is 3. The number of anilines is 2. The molecule has 24 heavy (non-hydrogen) atoms. The van der Waals surface area contributed by atoms with Crippen LogP contribution < -0.4 is 11.2 Å². The molecule has 1 aromatic carbocycles. The first-order valence-electron chi connectivity index (χ1n) is 8.05. The van der Waals surface area contributed by atoms with E-state index in [4.69, 9.17) is 10.5 Å². The Hall–Kier alpha value is -1.99. The molecule has 0 aliphatic heterocycles. The third kappa shape index (κ3) is 6.25. The SMILES string of the molecule is CCCCCCOCc1ccc(C=NNc2nc(N)cs2)cc1F. The second-order valence-electron chi connectivity index (χ2n) is 5.41. The number of hydrazone groups is 1. The lowest BCUT2D eigenvalue weighted by molar-refractivity contribution is 0.114. The van der Waals surface area contributed by atoms with Gasteiger partial charge in [-0.3, -0.25) is 5.43 Å². The summed E-state index contributed by atoms with van der Waals surface area (Å²) in [6.07, 6.45) is 6.13. The highest BCUT2D eigenvalue weighted by Gasteiger charge is 2.03. The summed E-state index contributed by atoms with van der Waals surface area (Å²) in [6, 6.07) is 4.97. The second-order valence-corrected chi connectivity index (χ2v) is 6.27. The lowest BCUT2D eigenvalue weighted by atomic mass is 10.1. The van der Waals surface area contributed by atoms with Gasteiger partial charge in [0, 0.05) is 17.6 Å². The number of hydrogen-bond donors (Lipinski definition) is 2. The molecule has 0 unspecified atom stereocenters. The van der Waals surface area contributed by atoms with Crippen LogP contribution in [0, 0.1) is 5.82 Å². The Bertz CT molecular complexity index is 660. The Morgan fingerprint density at radius 2 is 2.25 bits per heavy atom. The molecular weight excluding hydrogens is 327 g/mol. The molecule has 0 aliphatic rings. The summed E-state index contributed by atoms with van der Waals surface area (Å²) in [5, 5.41) is 6.33. The van der Waals surface area contributed by atoms with E-state index in [1.165, 1.54) is 36.5 Å². The summed E-state index contributed by atoms with van der Waals surface area (Å²) in [5.74, 6) is 0.161. The zero-order valence-corrected chi connectivity index (χ0v) is 14.6. The van der Waals surface area contributed by atoms with Crippen molar-refractivity contribution >= 4 is 28.5 Å². The van der Waals surface area contributed by atoms with Crippen LogP contribution in [0.25, 0.3) is 0 Å². The molecule has 0 saturated heterocycles. The van der Waals surface area contributed by atoms with Crippen LogP contribution in [-0.4, -0.2) is 17.8 Å². The molecule has 0 aliphatic carbocycles. The van der Waals surface area contributed by atoms with E-state index in [1.54, 1.807) is 17.5 Å². The zero-order chi connectivity index (χ0) is 17.2. The number of halogens is 1. The van der Waals surface area contributed by atoms with Gasteiger partial charge in [-0.1, -0.05) is 38.3 Å². The molecule has 1 aromatic heterocycles. The monoisotopic (exact) mass is 350 g/mol. The van der Waals surface area contributed by atoms with Gasteiger partial charge in [0.15, 0.2) is 0 Å². The van der Waals surface area contributed by atoms with Crippen molar-refractivity contribution in [3.63, 3.8) is 0 Å². The molecule has 3 N–H and O–H groups in total. The van der Waals surface area contributed by atoms with Crippen LogP contribution in [0.1, 0.15) is 43.7 Å². The van der Waals surface area contributed by atoms with E-state index in [-0.39, 0.29) is 5.82 Å². The summed E-state index contributed by atoms with van der Waals surface area (Å²) in [6.45, 7) is 3.14. The first-order chi connectivity index (χ1) is 11.7. The van der Waals surface area contributed by atoms with Gasteiger partial charge in [-0.2, -0.15) is 5.10 Å². The van der Waals surface area contributed by atoms with Gasteiger partial charge < -0.3 is 10.5 Å². The maximum atomic E-state index is 14.0. The zero-order valence-electron chi connectivity index (χ0n) is 13.8. The molecule has 130 valence electrons. The molecule has 0 spiro atoms. The van der Waals surface area contributed by atoms with E-state index >= 15 is 0 Å². The maximum Gasteiger partial charge on any atom is 0.205 e. The third-order valence-electron chi connectivity index (χ3n) is 3.37. The minimum atomic E-state index is -0.286. The van der Waals surface area contributed by atoms with Crippen LogP contribution in [0.2, 0.25) is 0 Å². The number of nitrogen functional groups attached to an aromatic ring is 1. The standard InChI is InChI=1S/C17H23FN4OS/c1-2-3-4-5-8-23-11-14-7-6-13(9-15(14)18)10-20-22-17-21-16(19)12-24-17/h6-7,9-10,12H,2-5,8,11,19H2,1H3,(H,21,22). The second kappa shape index (κ2) is 10.00. The average Bonchev–Trinajstić information content (AvgIpc) is 2.98. The normalized spacial score (nSPS) is 11.2. The van der Waals surface area contributed by atoms with Crippen LogP contribution in [0.5, 0.6) is 0 Å². The average molecular weight is 350 g/mol. The smallest absolute Gasteiger partial charge is 0.205 e. The molecule has 0 radical (unpaired) electrons. The van der Waals surface area contributed by atoms with E-state index in [9.17, 15) is 4.39 Å². The van der Waals surface area contributed by atoms with Crippen molar-refractivity contribution in [2.75, 3.05) is 17.8 Å². The molecule has 1 heterocycles. The molecule has 0 bridgehead atoms. The summed E-state index contributed by atoms with van der Waals surface area (Å²) < 4.78 is 19.6. The van der Waals surface area contributed by atoms with E-state index in [2.05, 4.69) is 22.4 Å². The lowest BCUT2D eigenvalue weighted by Gasteiger charge is -2.06. The van der Waals surface area contributed by atoms with Gasteiger partial charge in [-0.15, -0.1) is 11.3 Å². The maximum absolute atomic E-state index is 14.0. The fourth-order valence-electron chi connectivity index (χ4n) is 2.07. The number of nitrogens with zero attached hydrogens (tertiary/aromatic N) is 2. The van der Waals surface area contributed by atoms with Crippen molar-refractivity contribution in [1.82, 2.24) is 4.98 Å². The Balaban J connectivity index is 1.78. The van der Waals surface area contributed by atoms with Crippen molar-refractivity contribution < 1.29 is 9.13 Å². The first kappa shape index (κ1) is 18.4. The quantitative estimate of drug-likeness (QED) is 0.378. The van der Waals surface area contributed by atoms with E-state index in [1.807, 2.05) is 0 Å². The van der Waals surface area contributed by atoms with Crippen LogP contribution in [0.15, 0.2) is 28.7 Å². The number of nitrogens with two attached hydrogens (primary N) is 1.